The number of aliphatic hydroxyl groups is 2. The highest BCUT2D eigenvalue weighted by atomic mass is 31.2. The molecule has 0 aromatic rings. The molecule has 0 aromatic heterocycles. The molecule has 18 heteroatoms. The monoisotopic (exact) mass is 1400 g/mol. The molecule has 0 bridgehead atoms. The number of hydrogen-bond acceptors (Lipinski definition) is 14. The molecule has 0 aromatic carbocycles. The number of allylic oxidation sites excluding steroid dienone is 22. The fourth-order valence-electron chi connectivity index (χ4n) is 9.60. The first-order valence-electron chi connectivity index (χ1n) is 37.5. The van der Waals surface area contributed by atoms with Gasteiger partial charge in [0.25, 0.3) is 0 Å². The summed E-state index contributed by atoms with van der Waals surface area (Å²) in [5.41, 5.74) is 0. The van der Waals surface area contributed by atoms with Crippen LogP contribution in [0.25, 0.3) is 0 Å². The van der Waals surface area contributed by atoms with Gasteiger partial charge in [-0.15, -0.1) is 0 Å². The van der Waals surface area contributed by atoms with E-state index in [-0.39, 0.29) is 19.3 Å². The standard InChI is InChI=1S/C79H134O16P2/c1-4-7-10-13-16-19-22-24-26-28-30-32-33-34-35-36-37-38-39-41-43-44-46-48-51-53-56-59-62-65-77(82)89-68-74(80)69-91-96(85,86)92-70-75(81)71-93-97(87,88)94-73-76(95-79(84)67-64-61-58-55-50-21-18-15-12-9-6-3)72-90-78(83)66-63-60-57-54-52-49-47-45-42-40-31-29-27-25-23-20-17-14-11-8-5-2/h7,10,15-20,24-27,30-32,34-35,37-38,40,45,47,74-76,80-81H,4-6,8-9,11-14,21-23,28-29,33,36,39,41-44,46,48-73H2,1-3H3,(H,85,86)(H,87,88)/b10-7-,18-15-,19-16-,20-17-,26-24-,27-25-,32-30-,35-34-,38-37-,40-31-,47-45-. The van der Waals surface area contributed by atoms with Crippen LogP contribution in [0.15, 0.2) is 134 Å². The van der Waals surface area contributed by atoms with Crippen molar-refractivity contribution in [3.05, 3.63) is 134 Å². The van der Waals surface area contributed by atoms with Gasteiger partial charge in [-0.3, -0.25) is 32.5 Å². The van der Waals surface area contributed by atoms with Crippen LogP contribution in [0.5, 0.6) is 0 Å². The molecule has 0 amide bonds. The lowest BCUT2D eigenvalue weighted by molar-refractivity contribution is -0.161. The Kier molecular flexibility index (Phi) is 68.3. The van der Waals surface area contributed by atoms with Crippen molar-refractivity contribution in [2.24, 2.45) is 0 Å². The highest BCUT2D eigenvalue weighted by Gasteiger charge is 2.29. The van der Waals surface area contributed by atoms with Gasteiger partial charge in [0.05, 0.1) is 26.4 Å². The molecule has 97 heavy (non-hydrogen) atoms. The predicted molar refractivity (Wildman–Crippen MR) is 399 cm³/mol. The summed E-state index contributed by atoms with van der Waals surface area (Å²) in [6, 6.07) is 0. The predicted octanol–water partition coefficient (Wildman–Crippen LogP) is 21.5. The van der Waals surface area contributed by atoms with Crippen LogP contribution < -0.4 is 0 Å². The number of hydrogen-bond donors (Lipinski definition) is 4. The van der Waals surface area contributed by atoms with E-state index in [9.17, 15) is 43.5 Å². The van der Waals surface area contributed by atoms with E-state index in [4.69, 9.17) is 32.3 Å². The second-order valence-corrected chi connectivity index (χ2v) is 27.6. The highest BCUT2D eigenvalue weighted by Crippen LogP contribution is 2.45. The fraction of sp³-hybridized carbons (Fsp3) is 0.684. The van der Waals surface area contributed by atoms with E-state index in [1.807, 2.05) is 0 Å². The van der Waals surface area contributed by atoms with E-state index in [0.29, 0.717) is 19.3 Å². The summed E-state index contributed by atoms with van der Waals surface area (Å²) in [5.74, 6) is -1.61. The second-order valence-electron chi connectivity index (χ2n) is 24.7. The van der Waals surface area contributed by atoms with E-state index >= 15 is 0 Å². The largest absolute Gasteiger partial charge is 0.472 e. The molecule has 0 heterocycles. The molecular formula is C79H134O16P2. The molecule has 0 saturated carbocycles. The average Bonchev–Trinajstić information content (AvgIpc) is 3.74. The Hall–Kier alpha value is -4.31. The summed E-state index contributed by atoms with van der Waals surface area (Å²) in [6.07, 6.45) is 85.1. The number of carbonyl (C=O) groups is 3. The summed E-state index contributed by atoms with van der Waals surface area (Å²) < 4.78 is 60.9. The Morgan fingerprint density at radius 1 is 0.299 bits per heavy atom. The van der Waals surface area contributed by atoms with Crippen molar-refractivity contribution in [1.82, 2.24) is 0 Å². The lowest BCUT2D eigenvalue weighted by Crippen LogP contribution is -2.30. The van der Waals surface area contributed by atoms with Crippen LogP contribution >= 0.6 is 15.6 Å². The van der Waals surface area contributed by atoms with Gasteiger partial charge in [0.1, 0.15) is 25.4 Å². The van der Waals surface area contributed by atoms with Crippen LogP contribution in [0.4, 0.5) is 0 Å². The van der Waals surface area contributed by atoms with Crippen molar-refractivity contribution in [3.8, 4) is 0 Å². The third-order valence-corrected chi connectivity index (χ3v) is 17.2. The molecule has 0 saturated heterocycles. The minimum atomic E-state index is -4.93. The van der Waals surface area contributed by atoms with Gasteiger partial charge in [0.2, 0.25) is 0 Å². The lowest BCUT2D eigenvalue weighted by atomic mass is 10.1. The minimum absolute atomic E-state index is 0.0872. The van der Waals surface area contributed by atoms with Crippen LogP contribution in [0.1, 0.15) is 290 Å². The van der Waals surface area contributed by atoms with Gasteiger partial charge in [-0.1, -0.05) is 270 Å². The van der Waals surface area contributed by atoms with Gasteiger partial charge in [0.15, 0.2) is 6.10 Å². The first-order valence-corrected chi connectivity index (χ1v) is 40.5. The Bertz CT molecular complexity index is 2300. The van der Waals surface area contributed by atoms with Gasteiger partial charge < -0.3 is 34.2 Å². The molecule has 556 valence electrons. The average molecular weight is 1400 g/mol. The maximum atomic E-state index is 12.9. The number of rotatable bonds is 70. The molecule has 0 radical (unpaired) electrons. The van der Waals surface area contributed by atoms with Crippen LogP contribution in [0.2, 0.25) is 0 Å². The Morgan fingerprint density at radius 3 is 0.907 bits per heavy atom. The molecule has 5 atom stereocenters. The summed E-state index contributed by atoms with van der Waals surface area (Å²) in [7, 11) is -9.79. The number of unbranched alkanes of at least 4 members (excludes halogenated alkanes) is 25. The van der Waals surface area contributed by atoms with Crippen LogP contribution in [-0.4, -0.2) is 95.9 Å². The highest BCUT2D eigenvalue weighted by molar-refractivity contribution is 7.47. The molecule has 0 aliphatic heterocycles. The molecule has 16 nitrogen and oxygen atoms in total. The minimum Gasteiger partial charge on any atom is -0.463 e. The normalized spacial score (nSPS) is 14.8. The number of ether oxygens (including phenoxy) is 3. The Balaban J connectivity index is 4.49. The van der Waals surface area contributed by atoms with E-state index in [1.165, 1.54) is 70.6 Å². The van der Waals surface area contributed by atoms with Crippen LogP contribution in [0.3, 0.4) is 0 Å². The number of carbonyl (C=O) groups excluding carboxylic acids is 3. The molecule has 0 aliphatic carbocycles. The molecule has 0 spiro atoms. The Morgan fingerprint density at radius 2 is 0.557 bits per heavy atom. The first-order chi connectivity index (χ1) is 47.2. The van der Waals surface area contributed by atoms with E-state index in [2.05, 4.69) is 154 Å². The summed E-state index contributed by atoms with van der Waals surface area (Å²) in [5, 5.41) is 20.6. The zero-order valence-electron chi connectivity index (χ0n) is 60.5. The van der Waals surface area contributed by atoms with E-state index < -0.39 is 91.5 Å². The van der Waals surface area contributed by atoms with Crippen molar-refractivity contribution in [2.45, 2.75) is 309 Å². The fourth-order valence-corrected chi connectivity index (χ4v) is 11.2. The van der Waals surface area contributed by atoms with Crippen molar-refractivity contribution >= 4 is 33.6 Å². The maximum Gasteiger partial charge on any atom is 0.472 e. The summed E-state index contributed by atoms with van der Waals surface area (Å²) in [4.78, 5) is 58.4. The first kappa shape index (κ1) is 92.7. The summed E-state index contributed by atoms with van der Waals surface area (Å²) >= 11 is 0. The topological polar surface area (TPSA) is 231 Å². The second kappa shape index (κ2) is 71.5. The van der Waals surface area contributed by atoms with Crippen LogP contribution in [0, 0.1) is 0 Å². The third kappa shape index (κ3) is 72.8. The van der Waals surface area contributed by atoms with Gasteiger partial charge in [-0.05, 0) is 135 Å². The third-order valence-electron chi connectivity index (χ3n) is 15.3. The Labute approximate surface area is 588 Å². The van der Waals surface area contributed by atoms with Crippen molar-refractivity contribution in [1.29, 1.82) is 0 Å². The smallest absolute Gasteiger partial charge is 0.463 e. The van der Waals surface area contributed by atoms with Gasteiger partial charge in [-0.25, -0.2) is 9.13 Å². The van der Waals surface area contributed by atoms with Gasteiger partial charge in [0, 0.05) is 19.3 Å². The lowest BCUT2D eigenvalue weighted by Gasteiger charge is -2.21. The molecule has 4 N–H and O–H groups in total. The van der Waals surface area contributed by atoms with E-state index in [1.54, 1.807) is 0 Å². The quantitative estimate of drug-likeness (QED) is 0.0146. The number of phosphoric acid groups is 2. The molecular weight excluding hydrogens is 1270 g/mol. The van der Waals surface area contributed by atoms with E-state index in [0.717, 1.165) is 161 Å². The summed E-state index contributed by atoms with van der Waals surface area (Å²) in [6.45, 7) is 2.45. The van der Waals surface area contributed by atoms with Crippen molar-refractivity contribution in [2.75, 3.05) is 39.6 Å². The van der Waals surface area contributed by atoms with Crippen molar-refractivity contribution in [3.63, 3.8) is 0 Å². The molecule has 5 unspecified atom stereocenters. The molecule has 0 fully saturated rings. The van der Waals surface area contributed by atoms with Crippen LogP contribution in [-0.2, 0) is 55.8 Å². The number of esters is 3. The van der Waals surface area contributed by atoms with Crippen molar-refractivity contribution < 1.29 is 75.8 Å². The van der Waals surface area contributed by atoms with Gasteiger partial charge in [-0.2, -0.15) is 0 Å². The zero-order chi connectivity index (χ0) is 70.9. The number of phosphoric ester groups is 2. The zero-order valence-corrected chi connectivity index (χ0v) is 62.2. The maximum absolute atomic E-state index is 12.9. The molecule has 0 aliphatic rings. The number of aliphatic hydroxyl groups excluding tert-OH is 2. The molecule has 0 rings (SSSR count). The SMILES string of the molecule is CC/C=C\C/C=C\C/C=C\C/C=C\C/C=C\C/C=C\CCCCCCCCCCCCC(=O)OCC(O)COP(=O)(O)OCC(O)COP(=O)(O)OCC(COC(=O)CCCCCCC/C=C\C/C=C\C/C=C\C/C=C\CCCCC)OC(=O)CCCCCCC/C=C\CCCC. The van der Waals surface area contributed by atoms with Gasteiger partial charge >= 0.3 is 33.6 Å².